The standard InChI is InChI=1S/C16H19N3S2/c1-11-18-12(9-20-11)8-19(2)15(7-17)14-10-21-16-6-4-3-5-13(14)16/h3-6,9-10,15H,7-8,17H2,1-2H3. The summed E-state index contributed by atoms with van der Waals surface area (Å²) in [5, 5.41) is 6.80. The van der Waals surface area contributed by atoms with Gasteiger partial charge in [0.2, 0.25) is 0 Å². The van der Waals surface area contributed by atoms with Crippen LogP contribution >= 0.6 is 22.7 Å². The number of hydrogen-bond acceptors (Lipinski definition) is 5. The predicted molar refractivity (Wildman–Crippen MR) is 91.9 cm³/mol. The lowest BCUT2D eigenvalue weighted by Crippen LogP contribution is -2.30. The van der Waals surface area contributed by atoms with E-state index in [1.54, 1.807) is 22.7 Å². The second kappa shape index (κ2) is 6.23. The number of rotatable bonds is 5. The van der Waals surface area contributed by atoms with Gasteiger partial charge in [-0.15, -0.1) is 22.7 Å². The second-order valence-electron chi connectivity index (χ2n) is 5.21. The van der Waals surface area contributed by atoms with Gasteiger partial charge in [-0.25, -0.2) is 4.98 Å². The van der Waals surface area contributed by atoms with Gasteiger partial charge in [0.25, 0.3) is 0 Å². The van der Waals surface area contributed by atoms with Crippen LogP contribution in [-0.4, -0.2) is 23.5 Å². The van der Waals surface area contributed by atoms with Crippen LogP contribution in [-0.2, 0) is 6.54 Å². The summed E-state index contributed by atoms with van der Waals surface area (Å²) in [7, 11) is 2.12. The fraction of sp³-hybridized carbons (Fsp3) is 0.312. The number of benzene rings is 1. The van der Waals surface area contributed by atoms with Crippen molar-refractivity contribution in [1.29, 1.82) is 0 Å². The molecule has 0 aliphatic heterocycles. The van der Waals surface area contributed by atoms with Crippen molar-refractivity contribution >= 4 is 32.8 Å². The molecule has 1 unspecified atom stereocenters. The Morgan fingerprint density at radius 1 is 1.24 bits per heavy atom. The van der Waals surface area contributed by atoms with Crippen molar-refractivity contribution in [1.82, 2.24) is 9.88 Å². The Balaban J connectivity index is 1.87. The van der Waals surface area contributed by atoms with Crippen LogP contribution in [0.15, 0.2) is 35.0 Å². The maximum atomic E-state index is 6.06. The first-order valence-corrected chi connectivity index (χ1v) is 8.72. The van der Waals surface area contributed by atoms with E-state index in [0.717, 1.165) is 17.2 Å². The first-order chi connectivity index (χ1) is 10.2. The molecule has 1 atom stereocenters. The van der Waals surface area contributed by atoms with Crippen molar-refractivity contribution in [3.05, 3.63) is 51.3 Å². The lowest BCUT2D eigenvalue weighted by Gasteiger charge is -2.26. The highest BCUT2D eigenvalue weighted by atomic mass is 32.1. The molecular formula is C16H19N3S2. The van der Waals surface area contributed by atoms with Gasteiger partial charge in [0.1, 0.15) is 0 Å². The Labute approximate surface area is 133 Å². The molecule has 110 valence electrons. The molecule has 0 bridgehead atoms. The van der Waals surface area contributed by atoms with Gasteiger partial charge in [0, 0.05) is 29.2 Å². The summed E-state index contributed by atoms with van der Waals surface area (Å²) in [6, 6.07) is 8.76. The van der Waals surface area contributed by atoms with Gasteiger partial charge in [-0.05, 0) is 36.4 Å². The molecule has 0 radical (unpaired) electrons. The molecule has 0 aliphatic carbocycles. The van der Waals surface area contributed by atoms with Crippen LogP contribution in [0.2, 0.25) is 0 Å². The van der Waals surface area contributed by atoms with E-state index in [0.29, 0.717) is 6.54 Å². The van der Waals surface area contributed by atoms with Crippen LogP contribution in [0, 0.1) is 6.92 Å². The van der Waals surface area contributed by atoms with Crippen molar-refractivity contribution in [2.45, 2.75) is 19.5 Å². The van der Waals surface area contributed by atoms with Crippen molar-refractivity contribution in [3.63, 3.8) is 0 Å². The molecule has 5 heteroatoms. The maximum Gasteiger partial charge on any atom is 0.0897 e. The molecule has 21 heavy (non-hydrogen) atoms. The second-order valence-corrected chi connectivity index (χ2v) is 7.19. The monoisotopic (exact) mass is 317 g/mol. The molecule has 0 saturated carbocycles. The molecule has 2 heterocycles. The average Bonchev–Trinajstić information content (AvgIpc) is 3.07. The topological polar surface area (TPSA) is 42.2 Å². The summed E-state index contributed by atoms with van der Waals surface area (Å²) in [5.74, 6) is 0. The molecule has 3 rings (SSSR count). The van der Waals surface area contributed by atoms with E-state index in [-0.39, 0.29) is 6.04 Å². The number of thiazole rings is 1. The molecule has 0 fully saturated rings. The minimum atomic E-state index is 0.225. The van der Waals surface area contributed by atoms with Crippen LogP contribution < -0.4 is 5.73 Å². The summed E-state index contributed by atoms with van der Waals surface area (Å²) in [6.45, 7) is 3.48. The first kappa shape index (κ1) is 14.7. The van der Waals surface area contributed by atoms with Gasteiger partial charge in [-0.1, -0.05) is 18.2 Å². The van der Waals surface area contributed by atoms with Gasteiger partial charge in [-0.2, -0.15) is 0 Å². The SMILES string of the molecule is Cc1nc(CN(C)C(CN)c2csc3ccccc23)cs1. The smallest absolute Gasteiger partial charge is 0.0897 e. The van der Waals surface area contributed by atoms with Crippen molar-refractivity contribution in [2.75, 3.05) is 13.6 Å². The molecule has 0 spiro atoms. The minimum absolute atomic E-state index is 0.225. The van der Waals surface area contributed by atoms with E-state index in [4.69, 9.17) is 5.73 Å². The maximum absolute atomic E-state index is 6.06. The minimum Gasteiger partial charge on any atom is -0.329 e. The van der Waals surface area contributed by atoms with Gasteiger partial charge >= 0.3 is 0 Å². The van der Waals surface area contributed by atoms with Crippen molar-refractivity contribution in [3.8, 4) is 0 Å². The van der Waals surface area contributed by atoms with Crippen molar-refractivity contribution in [2.24, 2.45) is 5.73 Å². The Hall–Kier alpha value is -1.27. The molecule has 0 amide bonds. The molecule has 3 aromatic rings. The molecule has 2 aromatic heterocycles. The molecule has 2 N–H and O–H groups in total. The van der Waals surface area contributed by atoms with Crippen LogP contribution in [0.4, 0.5) is 0 Å². The fourth-order valence-electron chi connectivity index (χ4n) is 2.65. The highest BCUT2D eigenvalue weighted by molar-refractivity contribution is 7.17. The van der Waals surface area contributed by atoms with Gasteiger partial charge in [0.15, 0.2) is 0 Å². The Morgan fingerprint density at radius 2 is 2.05 bits per heavy atom. The van der Waals surface area contributed by atoms with Gasteiger partial charge < -0.3 is 5.73 Å². The number of aryl methyl sites for hydroxylation is 1. The van der Waals surface area contributed by atoms with Crippen LogP contribution in [0.1, 0.15) is 22.3 Å². The van der Waals surface area contributed by atoms with E-state index >= 15 is 0 Å². The highest BCUT2D eigenvalue weighted by Gasteiger charge is 2.19. The van der Waals surface area contributed by atoms with E-state index in [1.807, 2.05) is 6.92 Å². The zero-order valence-electron chi connectivity index (χ0n) is 12.2. The first-order valence-electron chi connectivity index (χ1n) is 6.96. The summed E-state index contributed by atoms with van der Waals surface area (Å²) in [5.41, 5.74) is 8.51. The molecular weight excluding hydrogens is 298 g/mol. The van der Waals surface area contributed by atoms with E-state index < -0.39 is 0 Å². The average molecular weight is 317 g/mol. The highest BCUT2D eigenvalue weighted by Crippen LogP contribution is 2.32. The predicted octanol–water partition coefficient (Wildman–Crippen LogP) is 3.80. The number of hydrogen-bond donors (Lipinski definition) is 1. The number of likely N-dealkylation sites (N-methyl/N-ethyl adjacent to an activating group) is 1. The van der Waals surface area contributed by atoms with E-state index in [2.05, 4.69) is 52.0 Å². The lowest BCUT2D eigenvalue weighted by molar-refractivity contribution is 0.241. The third-order valence-corrected chi connectivity index (χ3v) is 5.51. The molecule has 1 aromatic carbocycles. The molecule has 0 saturated heterocycles. The van der Waals surface area contributed by atoms with Crippen molar-refractivity contribution < 1.29 is 0 Å². The molecule has 3 nitrogen and oxygen atoms in total. The number of nitrogens with two attached hydrogens (primary N) is 1. The summed E-state index contributed by atoms with van der Waals surface area (Å²) in [6.07, 6.45) is 0. The van der Waals surface area contributed by atoms with Gasteiger partial charge in [-0.3, -0.25) is 4.90 Å². The third kappa shape index (κ3) is 3.01. The Kier molecular flexibility index (Phi) is 4.35. The largest absolute Gasteiger partial charge is 0.329 e. The quantitative estimate of drug-likeness (QED) is 0.778. The normalized spacial score (nSPS) is 13.1. The zero-order chi connectivity index (χ0) is 14.8. The zero-order valence-corrected chi connectivity index (χ0v) is 13.9. The van der Waals surface area contributed by atoms with E-state index in [9.17, 15) is 0 Å². The van der Waals surface area contributed by atoms with Crippen LogP contribution in [0.3, 0.4) is 0 Å². The Morgan fingerprint density at radius 3 is 2.76 bits per heavy atom. The summed E-state index contributed by atoms with van der Waals surface area (Å²) >= 11 is 3.49. The third-order valence-electron chi connectivity index (χ3n) is 3.70. The Bertz CT molecular complexity index is 732. The number of nitrogens with zero attached hydrogens (tertiary/aromatic N) is 2. The summed E-state index contributed by atoms with van der Waals surface area (Å²) < 4.78 is 1.32. The number of aromatic nitrogens is 1. The fourth-order valence-corrected chi connectivity index (χ4v) is 4.26. The lowest BCUT2D eigenvalue weighted by atomic mass is 10.0. The van der Waals surface area contributed by atoms with Crippen LogP contribution in [0.5, 0.6) is 0 Å². The van der Waals surface area contributed by atoms with E-state index in [1.165, 1.54) is 15.6 Å². The summed E-state index contributed by atoms with van der Waals surface area (Å²) in [4.78, 5) is 6.84. The van der Waals surface area contributed by atoms with Gasteiger partial charge in [0.05, 0.1) is 10.7 Å². The molecule has 0 aliphatic rings. The number of thiophene rings is 1. The van der Waals surface area contributed by atoms with Crippen LogP contribution in [0.25, 0.3) is 10.1 Å². The number of fused-ring (bicyclic) bond motifs is 1.